The lowest BCUT2D eigenvalue weighted by Gasteiger charge is -2.13. The molecule has 0 aliphatic carbocycles. The molecule has 22 heavy (non-hydrogen) atoms. The van der Waals surface area contributed by atoms with E-state index in [0.717, 1.165) is 18.2 Å². The van der Waals surface area contributed by atoms with Crippen molar-refractivity contribution in [2.24, 2.45) is 5.73 Å². The Morgan fingerprint density at radius 1 is 1.00 bits per heavy atom. The highest BCUT2D eigenvalue weighted by atomic mass is 19.4. The summed E-state index contributed by atoms with van der Waals surface area (Å²) in [6, 6.07) is 4.32. The molecule has 8 heteroatoms. The number of hydrogen-bond donors (Lipinski definition) is 1. The van der Waals surface area contributed by atoms with Crippen LogP contribution in [0.15, 0.2) is 36.4 Å². The second-order valence-electron chi connectivity index (χ2n) is 4.29. The summed E-state index contributed by atoms with van der Waals surface area (Å²) in [5.74, 6) is -2.32. The SMILES string of the molecule is NC(=O)Oc1ccc(C(F)(F)F)cc1-c1cc(F)cc(F)c1. The molecule has 0 aromatic heterocycles. The van der Waals surface area contributed by atoms with Crippen molar-refractivity contribution in [3.63, 3.8) is 0 Å². The van der Waals surface area contributed by atoms with Crippen molar-refractivity contribution in [2.45, 2.75) is 6.18 Å². The third-order valence-corrected chi connectivity index (χ3v) is 2.69. The fourth-order valence-corrected chi connectivity index (χ4v) is 1.84. The van der Waals surface area contributed by atoms with Crippen molar-refractivity contribution in [3.8, 4) is 16.9 Å². The lowest BCUT2D eigenvalue weighted by Crippen LogP contribution is -2.17. The molecule has 0 atom stereocenters. The van der Waals surface area contributed by atoms with Gasteiger partial charge < -0.3 is 10.5 Å². The van der Waals surface area contributed by atoms with Crippen LogP contribution < -0.4 is 10.5 Å². The highest BCUT2D eigenvalue weighted by Gasteiger charge is 2.31. The van der Waals surface area contributed by atoms with Crippen molar-refractivity contribution >= 4 is 6.09 Å². The highest BCUT2D eigenvalue weighted by molar-refractivity contribution is 5.76. The van der Waals surface area contributed by atoms with Crippen molar-refractivity contribution in [3.05, 3.63) is 53.6 Å². The molecule has 0 aliphatic heterocycles. The van der Waals surface area contributed by atoms with Crippen molar-refractivity contribution in [1.29, 1.82) is 0 Å². The minimum absolute atomic E-state index is 0.222. The van der Waals surface area contributed by atoms with Gasteiger partial charge in [-0.15, -0.1) is 0 Å². The van der Waals surface area contributed by atoms with Crippen molar-refractivity contribution < 1.29 is 31.5 Å². The lowest BCUT2D eigenvalue weighted by atomic mass is 10.0. The number of benzene rings is 2. The van der Waals surface area contributed by atoms with Gasteiger partial charge in [-0.1, -0.05) is 0 Å². The molecular weight excluding hydrogens is 309 g/mol. The molecule has 0 saturated carbocycles. The Bertz CT molecular complexity index is 707. The molecule has 0 unspecified atom stereocenters. The van der Waals surface area contributed by atoms with Crippen LogP contribution in [0.5, 0.6) is 5.75 Å². The van der Waals surface area contributed by atoms with Gasteiger partial charge >= 0.3 is 12.3 Å². The standard InChI is InChI=1S/C14H8F5NO2/c15-9-3-7(4-10(16)6-9)11-5-8(14(17,18)19)1-2-12(11)22-13(20)21/h1-6H,(H2,20,21). The predicted molar refractivity (Wildman–Crippen MR) is 67.0 cm³/mol. The first-order valence-corrected chi connectivity index (χ1v) is 5.82. The zero-order valence-corrected chi connectivity index (χ0v) is 10.7. The van der Waals surface area contributed by atoms with E-state index in [-0.39, 0.29) is 16.9 Å². The third kappa shape index (κ3) is 3.51. The first-order valence-electron chi connectivity index (χ1n) is 5.82. The second-order valence-corrected chi connectivity index (χ2v) is 4.29. The van der Waals surface area contributed by atoms with Gasteiger partial charge in [0, 0.05) is 11.6 Å². The number of amides is 1. The fraction of sp³-hybridized carbons (Fsp3) is 0.0714. The Morgan fingerprint density at radius 3 is 2.09 bits per heavy atom. The Kier molecular flexibility index (Phi) is 4.03. The van der Waals surface area contributed by atoms with Crippen molar-refractivity contribution in [2.75, 3.05) is 0 Å². The molecule has 2 rings (SSSR count). The highest BCUT2D eigenvalue weighted by Crippen LogP contribution is 2.37. The number of alkyl halides is 3. The smallest absolute Gasteiger partial charge is 0.410 e. The van der Waals surface area contributed by atoms with Crippen LogP contribution in [-0.4, -0.2) is 6.09 Å². The van der Waals surface area contributed by atoms with E-state index in [9.17, 15) is 26.7 Å². The van der Waals surface area contributed by atoms with Crippen LogP contribution in [0.3, 0.4) is 0 Å². The van der Waals surface area contributed by atoms with Crippen molar-refractivity contribution in [1.82, 2.24) is 0 Å². The maximum atomic E-state index is 13.2. The summed E-state index contributed by atoms with van der Waals surface area (Å²) in [7, 11) is 0. The van der Waals surface area contributed by atoms with Gasteiger partial charge in [-0.25, -0.2) is 13.6 Å². The van der Waals surface area contributed by atoms with Gasteiger partial charge in [-0.2, -0.15) is 13.2 Å². The van der Waals surface area contributed by atoms with Gasteiger partial charge in [0.1, 0.15) is 17.4 Å². The quantitative estimate of drug-likeness (QED) is 0.848. The Morgan fingerprint density at radius 2 is 1.59 bits per heavy atom. The number of carbonyl (C=O) groups is 1. The molecule has 0 heterocycles. The molecule has 0 aliphatic rings. The first kappa shape index (κ1) is 15.7. The van der Waals surface area contributed by atoms with E-state index in [1.807, 2.05) is 0 Å². The average Bonchev–Trinajstić information content (AvgIpc) is 2.35. The van der Waals surface area contributed by atoms with E-state index in [4.69, 9.17) is 5.73 Å². The van der Waals surface area contributed by atoms with E-state index in [1.54, 1.807) is 0 Å². The maximum Gasteiger partial charge on any atom is 0.416 e. The van der Waals surface area contributed by atoms with Gasteiger partial charge in [0.15, 0.2) is 0 Å². The molecule has 2 aromatic carbocycles. The first-order chi connectivity index (χ1) is 10.2. The normalized spacial score (nSPS) is 11.3. The minimum atomic E-state index is -4.67. The van der Waals surface area contributed by atoms with E-state index >= 15 is 0 Å². The molecular formula is C14H8F5NO2. The van der Waals surface area contributed by atoms with Crippen LogP contribution in [0.4, 0.5) is 26.7 Å². The van der Waals surface area contributed by atoms with E-state index < -0.39 is 29.5 Å². The molecule has 0 saturated heterocycles. The Hall–Kier alpha value is -2.64. The average molecular weight is 317 g/mol. The zero-order valence-electron chi connectivity index (χ0n) is 10.7. The summed E-state index contributed by atoms with van der Waals surface area (Å²) in [6.07, 6.45) is -5.94. The molecule has 2 N–H and O–H groups in total. The summed E-state index contributed by atoms with van der Waals surface area (Å²) < 4.78 is 69.3. The number of ether oxygens (including phenoxy) is 1. The minimum Gasteiger partial charge on any atom is -0.410 e. The van der Waals surface area contributed by atoms with Gasteiger partial charge in [0.05, 0.1) is 5.56 Å². The number of nitrogens with two attached hydrogens (primary N) is 1. The number of carbonyl (C=O) groups excluding carboxylic acids is 1. The summed E-state index contributed by atoms with van der Waals surface area (Å²) in [5.41, 5.74) is 3.22. The number of rotatable bonds is 2. The van der Waals surface area contributed by atoms with Gasteiger partial charge in [0.2, 0.25) is 0 Å². The summed E-state index contributed by atoms with van der Waals surface area (Å²) in [4.78, 5) is 10.8. The number of halogens is 5. The molecule has 1 amide bonds. The number of primary amides is 1. The molecule has 0 fully saturated rings. The van der Waals surface area contributed by atoms with Gasteiger partial charge in [-0.05, 0) is 35.9 Å². The van der Waals surface area contributed by atoms with Gasteiger partial charge in [-0.3, -0.25) is 0 Å². The van der Waals surface area contributed by atoms with Crippen LogP contribution in [0.1, 0.15) is 5.56 Å². The van der Waals surface area contributed by atoms with Crippen LogP contribution >= 0.6 is 0 Å². The molecule has 3 nitrogen and oxygen atoms in total. The predicted octanol–water partition coefficient (Wildman–Crippen LogP) is 4.11. The second kappa shape index (κ2) is 5.63. The fourth-order valence-electron chi connectivity index (χ4n) is 1.84. The van der Waals surface area contributed by atoms with Crippen LogP contribution in [0, 0.1) is 11.6 Å². The van der Waals surface area contributed by atoms with E-state index in [2.05, 4.69) is 4.74 Å². The topological polar surface area (TPSA) is 52.3 Å². The molecule has 0 bridgehead atoms. The van der Waals surface area contributed by atoms with Crippen LogP contribution in [0.25, 0.3) is 11.1 Å². The van der Waals surface area contributed by atoms with Gasteiger partial charge in [0.25, 0.3) is 0 Å². The maximum absolute atomic E-state index is 13.2. The van der Waals surface area contributed by atoms with Crippen LogP contribution in [0.2, 0.25) is 0 Å². The molecule has 0 radical (unpaired) electrons. The monoisotopic (exact) mass is 317 g/mol. The van der Waals surface area contributed by atoms with E-state index in [1.165, 1.54) is 0 Å². The van der Waals surface area contributed by atoms with E-state index in [0.29, 0.717) is 18.2 Å². The lowest BCUT2D eigenvalue weighted by molar-refractivity contribution is -0.137. The third-order valence-electron chi connectivity index (χ3n) is 2.69. The molecule has 2 aromatic rings. The van der Waals surface area contributed by atoms with Crippen LogP contribution in [-0.2, 0) is 6.18 Å². The largest absolute Gasteiger partial charge is 0.416 e. The summed E-state index contributed by atoms with van der Waals surface area (Å²) in [6.45, 7) is 0. The number of hydrogen-bond acceptors (Lipinski definition) is 2. The summed E-state index contributed by atoms with van der Waals surface area (Å²) >= 11 is 0. The Balaban J connectivity index is 2.65. The zero-order chi connectivity index (χ0) is 16.5. The summed E-state index contributed by atoms with van der Waals surface area (Å²) in [5, 5.41) is 0. The molecule has 0 spiro atoms. The Labute approximate surface area is 121 Å². The molecule has 116 valence electrons.